The first-order chi connectivity index (χ1) is 5.16. The third-order valence-corrected chi connectivity index (χ3v) is 0.695. The molecule has 3 nitrogen and oxygen atoms in total. The van der Waals surface area contributed by atoms with Crippen molar-refractivity contribution in [2.24, 2.45) is 5.92 Å². The SMILES string of the molecule is CC(C)C.COc1ccn[nH]1. The second-order valence-corrected chi connectivity index (χ2v) is 2.86. The molecule has 11 heavy (non-hydrogen) atoms. The smallest absolute Gasteiger partial charge is 0.208 e. The molecule has 64 valence electrons. The Balaban J connectivity index is 0.000000218. The number of nitrogens with one attached hydrogen (secondary N) is 1. The van der Waals surface area contributed by atoms with E-state index in [0.717, 1.165) is 5.92 Å². The van der Waals surface area contributed by atoms with E-state index in [1.54, 1.807) is 19.4 Å². The van der Waals surface area contributed by atoms with Crippen LogP contribution in [-0.4, -0.2) is 17.3 Å². The molecule has 1 rings (SSSR count). The largest absolute Gasteiger partial charge is 0.481 e. The Morgan fingerprint density at radius 1 is 1.45 bits per heavy atom. The van der Waals surface area contributed by atoms with Crippen molar-refractivity contribution in [2.75, 3.05) is 7.11 Å². The molecular formula is C8H16N2O. The normalized spacial score (nSPS) is 8.82. The molecule has 0 radical (unpaired) electrons. The van der Waals surface area contributed by atoms with Gasteiger partial charge in [-0.05, 0) is 5.92 Å². The lowest BCUT2D eigenvalue weighted by atomic mass is 10.3. The van der Waals surface area contributed by atoms with Crippen molar-refractivity contribution >= 4 is 0 Å². The van der Waals surface area contributed by atoms with Crippen LogP contribution in [0.5, 0.6) is 5.88 Å². The van der Waals surface area contributed by atoms with Crippen LogP contribution in [0.25, 0.3) is 0 Å². The maximum atomic E-state index is 4.74. The van der Waals surface area contributed by atoms with E-state index in [2.05, 4.69) is 31.0 Å². The molecule has 1 N–H and O–H groups in total. The van der Waals surface area contributed by atoms with Crippen LogP contribution in [0.15, 0.2) is 12.3 Å². The second-order valence-electron chi connectivity index (χ2n) is 2.86. The minimum Gasteiger partial charge on any atom is -0.481 e. The van der Waals surface area contributed by atoms with Crippen LogP contribution in [0, 0.1) is 5.92 Å². The zero-order valence-electron chi connectivity index (χ0n) is 7.59. The second kappa shape index (κ2) is 5.77. The summed E-state index contributed by atoms with van der Waals surface area (Å²) < 4.78 is 4.74. The van der Waals surface area contributed by atoms with Gasteiger partial charge in [0.2, 0.25) is 5.88 Å². The number of methoxy groups -OCH3 is 1. The molecular weight excluding hydrogens is 140 g/mol. The van der Waals surface area contributed by atoms with E-state index in [9.17, 15) is 0 Å². The van der Waals surface area contributed by atoms with E-state index in [1.807, 2.05) is 0 Å². The average molecular weight is 156 g/mol. The number of ether oxygens (including phenoxy) is 1. The van der Waals surface area contributed by atoms with Crippen LogP contribution in [0.1, 0.15) is 20.8 Å². The van der Waals surface area contributed by atoms with Crippen LogP contribution in [-0.2, 0) is 0 Å². The highest BCUT2D eigenvalue weighted by atomic mass is 16.5. The third kappa shape index (κ3) is 6.90. The summed E-state index contributed by atoms with van der Waals surface area (Å²) in [5.41, 5.74) is 0. The molecule has 1 aromatic rings. The van der Waals surface area contributed by atoms with Gasteiger partial charge in [0, 0.05) is 6.07 Å². The molecule has 0 unspecified atom stereocenters. The lowest BCUT2D eigenvalue weighted by molar-refractivity contribution is 0.397. The Morgan fingerprint density at radius 3 is 2.18 bits per heavy atom. The standard InChI is InChI=1S/C4H6N2O.C4H10/c1-7-4-2-3-5-6-4;1-4(2)3/h2-3H,1H3,(H,5,6);4H,1-3H3. The molecule has 0 aliphatic rings. The van der Waals surface area contributed by atoms with Gasteiger partial charge in [0.05, 0.1) is 13.3 Å². The summed E-state index contributed by atoms with van der Waals surface area (Å²) in [4.78, 5) is 0. The molecule has 0 bridgehead atoms. The molecule has 0 saturated heterocycles. The fourth-order valence-electron chi connectivity index (χ4n) is 0.357. The molecule has 3 heteroatoms. The van der Waals surface area contributed by atoms with Gasteiger partial charge in [-0.2, -0.15) is 5.10 Å². The minimum atomic E-state index is 0.694. The minimum absolute atomic E-state index is 0.694. The first-order valence-electron chi connectivity index (χ1n) is 3.70. The van der Waals surface area contributed by atoms with Crippen LogP contribution in [0.3, 0.4) is 0 Å². The Morgan fingerprint density at radius 2 is 2.00 bits per heavy atom. The van der Waals surface area contributed by atoms with Crippen LogP contribution >= 0.6 is 0 Å². The number of aromatic nitrogens is 2. The van der Waals surface area contributed by atoms with Crippen LogP contribution in [0.4, 0.5) is 0 Å². The fourth-order valence-corrected chi connectivity index (χ4v) is 0.357. The third-order valence-electron chi connectivity index (χ3n) is 0.695. The lowest BCUT2D eigenvalue weighted by Crippen LogP contribution is -1.79. The van der Waals surface area contributed by atoms with Crippen molar-refractivity contribution in [1.29, 1.82) is 0 Å². The molecule has 0 aliphatic heterocycles. The zero-order chi connectivity index (χ0) is 8.69. The van der Waals surface area contributed by atoms with Gasteiger partial charge in [0.15, 0.2) is 0 Å². The van der Waals surface area contributed by atoms with Crippen LogP contribution < -0.4 is 4.74 Å². The van der Waals surface area contributed by atoms with Gasteiger partial charge in [0.25, 0.3) is 0 Å². The molecule has 0 amide bonds. The monoisotopic (exact) mass is 156 g/mol. The van der Waals surface area contributed by atoms with E-state index in [1.165, 1.54) is 0 Å². The summed E-state index contributed by atoms with van der Waals surface area (Å²) in [6.07, 6.45) is 1.64. The number of aromatic amines is 1. The number of hydrogen-bond acceptors (Lipinski definition) is 2. The summed E-state index contributed by atoms with van der Waals surface area (Å²) in [5, 5.41) is 6.26. The number of nitrogens with zero attached hydrogens (tertiary/aromatic N) is 1. The number of rotatable bonds is 1. The van der Waals surface area contributed by atoms with Gasteiger partial charge in [-0.15, -0.1) is 0 Å². The van der Waals surface area contributed by atoms with E-state index >= 15 is 0 Å². The van der Waals surface area contributed by atoms with Gasteiger partial charge in [-0.3, -0.25) is 0 Å². The predicted octanol–water partition coefficient (Wildman–Crippen LogP) is 2.08. The maximum absolute atomic E-state index is 4.74. The highest BCUT2D eigenvalue weighted by Crippen LogP contribution is 1.98. The zero-order valence-corrected chi connectivity index (χ0v) is 7.59. The van der Waals surface area contributed by atoms with Crippen molar-refractivity contribution in [3.63, 3.8) is 0 Å². The molecule has 0 atom stereocenters. The highest BCUT2D eigenvalue weighted by molar-refractivity contribution is 5.03. The summed E-state index contributed by atoms with van der Waals surface area (Å²) in [6, 6.07) is 1.75. The van der Waals surface area contributed by atoms with Crippen molar-refractivity contribution in [3.8, 4) is 5.88 Å². The molecule has 1 heterocycles. The summed E-state index contributed by atoms with van der Waals surface area (Å²) in [7, 11) is 1.59. The molecule has 0 fully saturated rings. The van der Waals surface area contributed by atoms with Gasteiger partial charge in [0.1, 0.15) is 0 Å². The highest BCUT2D eigenvalue weighted by Gasteiger charge is 1.82. The van der Waals surface area contributed by atoms with E-state index in [4.69, 9.17) is 4.74 Å². The first kappa shape index (κ1) is 10.0. The van der Waals surface area contributed by atoms with Gasteiger partial charge in [-0.1, -0.05) is 20.8 Å². The van der Waals surface area contributed by atoms with Gasteiger partial charge < -0.3 is 4.74 Å². The molecule has 0 saturated carbocycles. The predicted molar refractivity (Wildman–Crippen MR) is 45.7 cm³/mol. The Labute approximate surface area is 67.8 Å². The van der Waals surface area contributed by atoms with Gasteiger partial charge >= 0.3 is 0 Å². The average Bonchev–Trinajstić information content (AvgIpc) is 2.36. The van der Waals surface area contributed by atoms with E-state index in [0.29, 0.717) is 5.88 Å². The topological polar surface area (TPSA) is 37.9 Å². The Kier molecular flexibility index (Phi) is 5.25. The maximum Gasteiger partial charge on any atom is 0.208 e. The van der Waals surface area contributed by atoms with Gasteiger partial charge in [-0.25, -0.2) is 5.10 Å². The first-order valence-corrected chi connectivity index (χ1v) is 3.70. The Hall–Kier alpha value is -0.990. The molecule has 0 aromatic carbocycles. The van der Waals surface area contributed by atoms with Crippen molar-refractivity contribution < 1.29 is 4.74 Å². The molecule has 0 aliphatic carbocycles. The van der Waals surface area contributed by atoms with Crippen molar-refractivity contribution in [2.45, 2.75) is 20.8 Å². The summed E-state index contributed by atoms with van der Waals surface area (Å²) >= 11 is 0. The lowest BCUT2D eigenvalue weighted by Gasteiger charge is -1.86. The van der Waals surface area contributed by atoms with E-state index in [-0.39, 0.29) is 0 Å². The molecule has 0 spiro atoms. The summed E-state index contributed by atoms with van der Waals surface area (Å²) in [5.74, 6) is 1.53. The van der Waals surface area contributed by atoms with Crippen LogP contribution in [0.2, 0.25) is 0 Å². The van der Waals surface area contributed by atoms with Crippen molar-refractivity contribution in [3.05, 3.63) is 12.3 Å². The molecule has 1 aromatic heterocycles. The van der Waals surface area contributed by atoms with E-state index < -0.39 is 0 Å². The quantitative estimate of drug-likeness (QED) is 0.676. The number of hydrogen-bond donors (Lipinski definition) is 1. The van der Waals surface area contributed by atoms with Crippen molar-refractivity contribution in [1.82, 2.24) is 10.2 Å². The number of H-pyrrole nitrogens is 1. The summed E-state index contributed by atoms with van der Waals surface area (Å²) in [6.45, 7) is 6.50. The fraction of sp³-hybridized carbons (Fsp3) is 0.625. The Bertz CT molecular complexity index is 156.